The number of anilines is 1. The topological polar surface area (TPSA) is 86.8 Å². The molecule has 1 aromatic rings. The molecule has 0 aromatic heterocycles. The average molecular weight is 470 g/mol. The van der Waals surface area contributed by atoms with Crippen LogP contribution in [0.3, 0.4) is 0 Å². The number of nitrogens with one attached hydrogen (secondary N) is 1. The number of carbonyl (C=O) groups excluding carboxylic acids is 2. The van der Waals surface area contributed by atoms with E-state index < -0.39 is 32.1 Å². The van der Waals surface area contributed by atoms with Gasteiger partial charge in [0.25, 0.3) is 15.7 Å². The molecule has 0 radical (unpaired) electrons. The summed E-state index contributed by atoms with van der Waals surface area (Å²) in [6.45, 7) is 1.21. The monoisotopic (exact) mass is 469 g/mol. The Labute approximate surface area is 171 Å². The highest BCUT2D eigenvalue weighted by molar-refractivity contribution is 8.27. The van der Waals surface area contributed by atoms with Crippen LogP contribution in [0.15, 0.2) is 37.9 Å². The second-order valence-electron chi connectivity index (χ2n) is 5.55. The molecule has 2 amide bonds. The minimum atomic E-state index is -5.50. The van der Waals surface area contributed by atoms with Gasteiger partial charge in [-0.2, -0.15) is 18.2 Å². The zero-order chi connectivity index (χ0) is 21.0. The Kier molecular flexibility index (Phi) is 5.19. The third-order valence-electron chi connectivity index (χ3n) is 3.65. The van der Waals surface area contributed by atoms with E-state index in [1.165, 1.54) is 24.9 Å². The molecule has 0 saturated carbocycles. The van der Waals surface area contributed by atoms with Crippen molar-refractivity contribution >= 4 is 67.4 Å². The van der Waals surface area contributed by atoms with Crippen LogP contribution in [0.25, 0.3) is 0 Å². The lowest BCUT2D eigenvalue weighted by Gasteiger charge is -2.16. The van der Waals surface area contributed by atoms with E-state index in [4.69, 9.17) is 12.2 Å². The van der Waals surface area contributed by atoms with E-state index in [9.17, 15) is 31.2 Å². The van der Waals surface area contributed by atoms with Crippen LogP contribution < -0.4 is 10.3 Å². The Bertz CT molecular complexity index is 1050. The van der Waals surface area contributed by atoms with Gasteiger partial charge in [0, 0.05) is 18.9 Å². The van der Waals surface area contributed by atoms with Gasteiger partial charge in [-0.15, -0.1) is 0 Å². The molecule has 0 atom stereocenters. The third kappa shape index (κ3) is 3.38. The molecule has 0 unspecified atom stereocenters. The Morgan fingerprint density at radius 2 is 1.89 bits per heavy atom. The summed E-state index contributed by atoms with van der Waals surface area (Å²) >= 11 is 7.08. The number of fused-ring (bicyclic) bond motifs is 1. The molecule has 1 fully saturated rings. The molecule has 1 aromatic carbocycles. The SMILES string of the molecule is CC(=O)NN1C(=O)/C(=C2/Sc3ccc(S(=O)(=O)C(F)(F)F)cc3N2C)SC1=S. The van der Waals surface area contributed by atoms with E-state index in [0.29, 0.717) is 9.92 Å². The van der Waals surface area contributed by atoms with Crippen LogP contribution in [0, 0.1) is 0 Å². The summed E-state index contributed by atoms with van der Waals surface area (Å²) in [6.07, 6.45) is 0. The first-order chi connectivity index (χ1) is 12.8. The quantitative estimate of drug-likeness (QED) is 0.523. The van der Waals surface area contributed by atoms with E-state index >= 15 is 0 Å². The second-order valence-corrected chi connectivity index (χ2v) is 10.2. The van der Waals surface area contributed by atoms with Gasteiger partial charge in [-0.05, 0) is 42.2 Å². The maximum absolute atomic E-state index is 12.8. The van der Waals surface area contributed by atoms with Gasteiger partial charge in [0.2, 0.25) is 5.91 Å². The maximum Gasteiger partial charge on any atom is 0.501 e. The summed E-state index contributed by atoms with van der Waals surface area (Å²) in [5.74, 6) is -1.09. The Morgan fingerprint density at radius 1 is 1.25 bits per heavy atom. The lowest BCUT2D eigenvalue weighted by atomic mass is 10.3. The molecule has 2 aliphatic heterocycles. The van der Waals surface area contributed by atoms with Crippen LogP contribution in [-0.2, 0) is 19.4 Å². The average Bonchev–Trinajstić information content (AvgIpc) is 3.04. The van der Waals surface area contributed by atoms with Gasteiger partial charge in [0.05, 0.1) is 15.6 Å². The first-order valence-corrected chi connectivity index (χ1v) is 10.8. The number of nitrogens with zero attached hydrogens (tertiary/aromatic N) is 2. The summed E-state index contributed by atoms with van der Waals surface area (Å²) in [5, 5.41) is 1.27. The normalized spacial score (nSPS) is 20.0. The predicted molar refractivity (Wildman–Crippen MR) is 102 cm³/mol. The van der Waals surface area contributed by atoms with Crippen molar-refractivity contribution in [2.24, 2.45) is 0 Å². The summed E-state index contributed by atoms with van der Waals surface area (Å²) < 4.78 is 61.8. The summed E-state index contributed by atoms with van der Waals surface area (Å²) in [6, 6.07) is 3.03. The Morgan fingerprint density at radius 3 is 2.46 bits per heavy atom. The fraction of sp³-hybridized carbons (Fsp3) is 0.214. The molecule has 1 N–H and O–H groups in total. The van der Waals surface area contributed by atoms with Gasteiger partial charge in [0.1, 0.15) is 4.91 Å². The zero-order valence-corrected chi connectivity index (χ0v) is 17.3. The first-order valence-electron chi connectivity index (χ1n) is 7.29. The fourth-order valence-electron chi connectivity index (χ4n) is 2.38. The molecule has 3 rings (SSSR count). The number of rotatable bonds is 2. The van der Waals surface area contributed by atoms with Gasteiger partial charge in [0.15, 0.2) is 4.32 Å². The van der Waals surface area contributed by atoms with Gasteiger partial charge >= 0.3 is 5.51 Å². The minimum absolute atomic E-state index is 0.0907. The molecule has 1 saturated heterocycles. The number of thioether (sulfide) groups is 2. The van der Waals surface area contributed by atoms with Crippen LogP contribution in [-0.4, -0.2) is 42.1 Å². The second kappa shape index (κ2) is 6.93. The molecular weight excluding hydrogens is 459 g/mol. The molecule has 2 aliphatic rings. The van der Waals surface area contributed by atoms with Gasteiger partial charge in [-0.3, -0.25) is 15.0 Å². The van der Waals surface area contributed by atoms with Gasteiger partial charge < -0.3 is 4.90 Å². The number of hydrazine groups is 1. The van der Waals surface area contributed by atoms with Crippen molar-refractivity contribution in [1.82, 2.24) is 10.4 Å². The van der Waals surface area contributed by atoms with Crippen LogP contribution in [0.5, 0.6) is 0 Å². The first kappa shape index (κ1) is 21.0. The van der Waals surface area contributed by atoms with Crippen molar-refractivity contribution in [3.63, 3.8) is 0 Å². The highest BCUT2D eigenvalue weighted by atomic mass is 32.2. The minimum Gasteiger partial charge on any atom is -0.337 e. The number of halogens is 3. The van der Waals surface area contributed by atoms with Crippen molar-refractivity contribution in [1.29, 1.82) is 0 Å². The number of amides is 2. The third-order valence-corrected chi connectivity index (χ3v) is 7.86. The number of hydrogen-bond acceptors (Lipinski definition) is 8. The molecule has 28 heavy (non-hydrogen) atoms. The lowest BCUT2D eigenvalue weighted by molar-refractivity contribution is -0.132. The largest absolute Gasteiger partial charge is 0.501 e. The Hall–Kier alpha value is -1.77. The number of thiocarbonyl (C=S) groups is 1. The van der Waals surface area contributed by atoms with E-state index in [2.05, 4.69) is 5.43 Å². The van der Waals surface area contributed by atoms with E-state index in [1.54, 1.807) is 0 Å². The van der Waals surface area contributed by atoms with Crippen LogP contribution >= 0.6 is 35.7 Å². The highest BCUT2D eigenvalue weighted by Crippen LogP contribution is 2.50. The molecule has 7 nitrogen and oxygen atoms in total. The molecule has 0 spiro atoms. The van der Waals surface area contributed by atoms with Gasteiger partial charge in [-0.1, -0.05) is 11.8 Å². The summed E-state index contributed by atoms with van der Waals surface area (Å²) in [7, 11) is -4.01. The van der Waals surface area contributed by atoms with E-state index in [0.717, 1.165) is 40.7 Å². The molecule has 0 bridgehead atoms. The number of alkyl halides is 3. The number of hydrogen-bond donors (Lipinski definition) is 1. The summed E-state index contributed by atoms with van der Waals surface area (Å²) in [4.78, 5) is 24.9. The number of benzene rings is 1. The van der Waals surface area contributed by atoms with Crippen LogP contribution in [0.2, 0.25) is 0 Å². The van der Waals surface area contributed by atoms with Gasteiger partial charge in [-0.25, -0.2) is 8.42 Å². The zero-order valence-electron chi connectivity index (χ0n) is 14.0. The highest BCUT2D eigenvalue weighted by Gasteiger charge is 2.47. The predicted octanol–water partition coefficient (Wildman–Crippen LogP) is 2.60. The smallest absolute Gasteiger partial charge is 0.337 e. The van der Waals surface area contributed by atoms with Crippen molar-refractivity contribution in [3.8, 4) is 0 Å². The standard InChI is InChI=1S/C14H10F3N3O4S4/c1-6(21)18-20-11(22)10(27-13(20)25)12-19(2)8-5-7(3-4-9(8)26-12)28(23,24)14(15,16)17/h3-5H,1-2H3,(H,18,21)/b12-10-. The van der Waals surface area contributed by atoms with Crippen molar-refractivity contribution in [3.05, 3.63) is 28.1 Å². The van der Waals surface area contributed by atoms with Crippen molar-refractivity contribution in [2.75, 3.05) is 11.9 Å². The van der Waals surface area contributed by atoms with E-state index in [-0.39, 0.29) is 14.9 Å². The Balaban J connectivity index is 2.00. The van der Waals surface area contributed by atoms with Crippen molar-refractivity contribution < 1.29 is 31.2 Å². The molecule has 14 heteroatoms. The molecular formula is C14H10F3N3O4S4. The number of carbonyl (C=O) groups is 2. The van der Waals surface area contributed by atoms with E-state index in [1.807, 2.05) is 0 Å². The van der Waals surface area contributed by atoms with Crippen molar-refractivity contribution in [2.45, 2.75) is 22.2 Å². The van der Waals surface area contributed by atoms with Crippen LogP contribution in [0.4, 0.5) is 18.9 Å². The molecule has 150 valence electrons. The van der Waals surface area contributed by atoms with Crippen LogP contribution in [0.1, 0.15) is 6.92 Å². The fourth-order valence-corrected chi connectivity index (χ4v) is 5.64. The molecule has 0 aliphatic carbocycles. The lowest BCUT2D eigenvalue weighted by Crippen LogP contribution is -2.43. The molecule has 2 heterocycles. The maximum atomic E-state index is 12.8. The summed E-state index contributed by atoms with van der Waals surface area (Å²) in [5.41, 5.74) is -2.92. The number of sulfone groups is 1.